The van der Waals surface area contributed by atoms with Crippen LogP contribution >= 0.6 is 0 Å². The number of nitrogens with zero attached hydrogens (tertiary/aromatic N) is 3. The zero-order valence-electron chi connectivity index (χ0n) is 11.3. The number of hydrogen-bond acceptors (Lipinski definition) is 4. The van der Waals surface area contributed by atoms with Crippen LogP contribution in [0.5, 0.6) is 0 Å². The summed E-state index contributed by atoms with van der Waals surface area (Å²) in [5.41, 5.74) is 0. The Kier molecular flexibility index (Phi) is 3.73. The number of carbonyl (C=O) groups is 2. The first kappa shape index (κ1) is 13.4. The van der Waals surface area contributed by atoms with Crippen LogP contribution in [0.2, 0.25) is 0 Å². The maximum absolute atomic E-state index is 11.8. The van der Waals surface area contributed by atoms with Gasteiger partial charge in [-0.3, -0.25) is 14.4 Å². The van der Waals surface area contributed by atoms with Crippen LogP contribution < -0.4 is 10.2 Å². The molecule has 2 heterocycles. The first-order valence-electron chi connectivity index (χ1n) is 6.23. The van der Waals surface area contributed by atoms with Crippen LogP contribution in [0.25, 0.3) is 0 Å². The fourth-order valence-electron chi connectivity index (χ4n) is 1.87. The van der Waals surface area contributed by atoms with Crippen molar-refractivity contribution < 1.29 is 14.3 Å². The number of cyclic esters (lactones) is 1. The molecule has 0 saturated carbocycles. The smallest absolute Gasteiger partial charge is 0.416 e. The lowest BCUT2D eigenvalue weighted by Gasteiger charge is -2.13. The number of aryl methyl sites for hydroxylation is 1. The second-order valence-electron chi connectivity index (χ2n) is 4.83. The summed E-state index contributed by atoms with van der Waals surface area (Å²) in [6.07, 6.45) is 0.883. The quantitative estimate of drug-likeness (QED) is 0.862. The number of ether oxygens (including phenoxy) is 1. The maximum Gasteiger partial charge on any atom is 0.416 e. The second kappa shape index (κ2) is 5.29. The first-order chi connectivity index (χ1) is 8.99. The summed E-state index contributed by atoms with van der Waals surface area (Å²) in [7, 11) is 1.76. The molecular weight excluding hydrogens is 248 g/mol. The van der Waals surface area contributed by atoms with Gasteiger partial charge in [0.25, 0.3) is 0 Å². The third kappa shape index (κ3) is 2.86. The van der Waals surface area contributed by atoms with Gasteiger partial charge in [-0.25, -0.2) is 4.79 Å². The molecule has 0 bridgehead atoms. The second-order valence-corrected chi connectivity index (χ2v) is 4.83. The van der Waals surface area contributed by atoms with Crippen LogP contribution in [0.1, 0.15) is 13.8 Å². The third-order valence-corrected chi connectivity index (χ3v) is 2.97. The molecule has 104 valence electrons. The molecule has 1 aromatic rings. The zero-order valence-corrected chi connectivity index (χ0v) is 11.3. The molecule has 1 saturated heterocycles. The summed E-state index contributed by atoms with van der Waals surface area (Å²) < 4.78 is 6.82. The van der Waals surface area contributed by atoms with Crippen LogP contribution in [0.15, 0.2) is 12.3 Å². The molecule has 19 heavy (non-hydrogen) atoms. The van der Waals surface area contributed by atoms with Gasteiger partial charge in [-0.1, -0.05) is 13.8 Å². The zero-order chi connectivity index (χ0) is 14.0. The van der Waals surface area contributed by atoms with Gasteiger partial charge < -0.3 is 10.1 Å². The highest BCUT2D eigenvalue weighted by molar-refractivity contribution is 5.88. The van der Waals surface area contributed by atoms with Crippen LogP contribution in [-0.2, 0) is 16.6 Å². The van der Waals surface area contributed by atoms with Crippen LogP contribution in [0.4, 0.5) is 10.6 Å². The van der Waals surface area contributed by atoms with Crippen molar-refractivity contribution in [1.29, 1.82) is 0 Å². The Balaban J connectivity index is 1.93. The van der Waals surface area contributed by atoms with E-state index in [0.29, 0.717) is 18.9 Å². The highest BCUT2D eigenvalue weighted by Gasteiger charge is 2.33. The van der Waals surface area contributed by atoms with Crippen LogP contribution in [-0.4, -0.2) is 41.0 Å². The molecule has 0 aliphatic carbocycles. The Hall–Kier alpha value is -2.05. The normalized spacial score (nSPS) is 18.8. The Morgan fingerprint density at radius 3 is 2.95 bits per heavy atom. The monoisotopic (exact) mass is 266 g/mol. The molecule has 1 aliphatic rings. The van der Waals surface area contributed by atoms with Gasteiger partial charge in [0, 0.05) is 19.0 Å². The number of rotatable bonds is 4. The third-order valence-electron chi connectivity index (χ3n) is 2.97. The lowest BCUT2D eigenvalue weighted by molar-refractivity contribution is -0.124. The van der Waals surface area contributed by atoms with Crippen molar-refractivity contribution in [2.24, 2.45) is 13.0 Å². The molecule has 2 amide bonds. The Bertz CT molecular complexity index is 483. The van der Waals surface area contributed by atoms with E-state index in [1.807, 2.05) is 13.8 Å². The van der Waals surface area contributed by atoms with Gasteiger partial charge in [-0.2, -0.15) is 5.10 Å². The molecular formula is C12H18N4O3. The van der Waals surface area contributed by atoms with Crippen molar-refractivity contribution in [2.45, 2.75) is 20.0 Å². The summed E-state index contributed by atoms with van der Waals surface area (Å²) >= 11 is 0. The van der Waals surface area contributed by atoms with E-state index in [-0.39, 0.29) is 17.9 Å². The largest absolute Gasteiger partial charge is 0.442 e. The van der Waals surface area contributed by atoms with E-state index in [4.69, 9.17) is 4.74 Å². The molecule has 0 spiro atoms. The number of nitrogens with one attached hydrogen (secondary N) is 1. The number of carbonyl (C=O) groups excluding carboxylic acids is 2. The minimum Gasteiger partial charge on any atom is -0.442 e. The van der Waals surface area contributed by atoms with Crippen molar-refractivity contribution in [2.75, 3.05) is 18.0 Å². The number of hydrogen-bond donors (Lipinski definition) is 1. The fourth-order valence-corrected chi connectivity index (χ4v) is 1.87. The molecule has 2 rings (SSSR count). The van der Waals surface area contributed by atoms with E-state index in [2.05, 4.69) is 10.4 Å². The Labute approximate surface area is 111 Å². The highest BCUT2D eigenvalue weighted by Crippen LogP contribution is 2.20. The van der Waals surface area contributed by atoms with E-state index in [0.717, 1.165) is 0 Å². The lowest BCUT2D eigenvalue weighted by Crippen LogP contribution is -2.36. The van der Waals surface area contributed by atoms with Gasteiger partial charge >= 0.3 is 6.09 Å². The molecule has 7 heteroatoms. The minimum atomic E-state index is -0.410. The van der Waals surface area contributed by atoms with E-state index in [1.54, 1.807) is 24.0 Å². The van der Waals surface area contributed by atoms with Gasteiger partial charge in [0.2, 0.25) is 5.91 Å². The van der Waals surface area contributed by atoms with Gasteiger partial charge in [0.1, 0.15) is 11.9 Å². The summed E-state index contributed by atoms with van der Waals surface area (Å²) in [5, 5.41) is 6.78. The molecule has 1 aliphatic heterocycles. The van der Waals surface area contributed by atoms with Crippen molar-refractivity contribution in [3.63, 3.8) is 0 Å². The predicted molar refractivity (Wildman–Crippen MR) is 68.7 cm³/mol. The molecule has 1 aromatic heterocycles. The number of aromatic nitrogens is 2. The molecule has 1 fully saturated rings. The van der Waals surface area contributed by atoms with Crippen molar-refractivity contribution in [3.05, 3.63) is 12.3 Å². The summed E-state index contributed by atoms with van der Waals surface area (Å²) in [6, 6.07) is 1.75. The minimum absolute atomic E-state index is 0.0463. The van der Waals surface area contributed by atoms with E-state index >= 15 is 0 Å². The highest BCUT2D eigenvalue weighted by atomic mass is 16.6. The lowest BCUT2D eigenvalue weighted by atomic mass is 10.2. The van der Waals surface area contributed by atoms with Crippen molar-refractivity contribution >= 4 is 17.8 Å². The van der Waals surface area contributed by atoms with Gasteiger partial charge in [0.15, 0.2) is 0 Å². The average molecular weight is 266 g/mol. The molecule has 1 unspecified atom stereocenters. The molecule has 1 N–H and O–H groups in total. The molecule has 7 nitrogen and oxygen atoms in total. The van der Waals surface area contributed by atoms with E-state index < -0.39 is 6.09 Å². The molecule has 1 atom stereocenters. The SMILES string of the molecule is CC(C)C(=O)NCC1CN(c2ccnn2C)C(=O)O1. The number of amides is 2. The first-order valence-corrected chi connectivity index (χ1v) is 6.23. The van der Waals surface area contributed by atoms with Crippen molar-refractivity contribution in [1.82, 2.24) is 15.1 Å². The predicted octanol–water partition coefficient (Wildman–Crippen LogP) is 0.517. The Morgan fingerprint density at radius 1 is 1.63 bits per heavy atom. The topological polar surface area (TPSA) is 76.5 Å². The molecule has 0 radical (unpaired) electrons. The number of anilines is 1. The molecule has 0 aromatic carbocycles. The summed E-state index contributed by atoms with van der Waals surface area (Å²) in [6.45, 7) is 4.38. The van der Waals surface area contributed by atoms with Crippen LogP contribution in [0, 0.1) is 5.92 Å². The van der Waals surface area contributed by atoms with Crippen molar-refractivity contribution in [3.8, 4) is 0 Å². The maximum atomic E-state index is 11.8. The van der Waals surface area contributed by atoms with Gasteiger partial charge in [-0.15, -0.1) is 0 Å². The van der Waals surface area contributed by atoms with E-state index in [9.17, 15) is 9.59 Å². The summed E-state index contributed by atoms with van der Waals surface area (Å²) in [5.74, 6) is 0.558. The summed E-state index contributed by atoms with van der Waals surface area (Å²) in [4.78, 5) is 24.7. The van der Waals surface area contributed by atoms with Crippen LogP contribution in [0.3, 0.4) is 0 Å². The average Bonchev–Trinajstić information content (AvgIpc) is 2.92. The standard InChI is InChI=1S/C12H18N4O3/c1-8(2)11(17)13-6-9-7-16(12(18)19-9)10-4-5-14-15(10)3/h4-5,8-9H,6-7H2,1-3H3,(H,13,17). The fraction of sp³-hybridized carbons (Fsp3) is 0.583. The van der Waals surface area contributed by atoms with Gasteiger partial charge in [0.05, 0.1) is 19.3 Å². The Morgan fingerprint density at radius 2 is 2.37 bits per heavy atom. The van der Waals surface area contributed by atoms with E-state index in [1.165, 1.54) is 4.90 Å². The van der Waals surface area contributed by atoms with Gasteiger partial charge in [-0.05, 0) is 0 Å².